The van der Waals surface area contributed by atoms with E-state index in [-0.39, 0.29) is 23.6 Å². The van der Waals surface area contributed by atoms with Gasteiger partial charge in [0.15, 0.2) is 5.82 Å². The van der Waals surface area contributed by atoms with Crippen molar-refractivity contribution in [3.05, 3.63) is 29.8 Å². The molecule has 0 radical (unpaired) electrons. The van der Waals surface area contributed by atoms with Crippen LogP contribution in [-0.2, 0) is 0 Å². The maximum atomic E-state index is 13.6. The maximum Gasteiger partial charge on any atom is 0.257 e. The standard InChI is InChI=1S/C14H20FN3O/c1-2-18(11-5-3-10(16)4-6-11)14(19)12-7-8-17-9-13(12)15/h7-11H,2-6,16H2,1H3. The lowest BCUT2D eigenvalue weighted by Gasteiger charge is -2.35. The van der Waals surface area contributed by atoms with Crippen LogP contribution >= 0.6 is 0 Å². The summed E-state index contributed by atoms with van der Waals surface area (Å²) >= 11 is 0. The zero-order valence-corrected chi connectivity index (χ0v) is 11.2. The average molecular weight is 265 g/mol. The highest BCUT2D eigenvalue weighted by Gasteiger charge is 2.28. The molecule has 4 nitrogen and oxygen atoms in total. The van der Waals surface area contributed by atoms with E-state index < -0.39 is 5.82 Å². The topological polar surface area (TPSA) is 59.2 Å². The number of carbonyl (C=O) groups is 1. The quantitative estimate of drug-likeness (QED) is 0.908. The van der Waals surface area contributed by atoms with Crippen LogP contribution in [0.15, 0.2) is 18.5 Å². The number of aromatic nitrogens is 1. The van der Waals surface area contributed by atoms with Gasteiger partial charge in [-0.05, 0) is 38.7 Å². The van der Waals surface area contributed by atoms with Crippen LogP contribution in [0.5, 0.6) is 0 Å². The molecule has 1 amide bonds. The monoisotopic (exact) mass is 265 g/mol. The van der Waals surface area contributed by atoms with E-state index in [2.05, 4.69) is 4.98 Å². The molecule has 1 aromatic rings. The van der Waals surface area contributed by atoms with E-state index in [0.29, 0.717) is 6.54 Å². The molecule has 0 unspecified atom stereocenters. The van der Waals surface area contributed by atoms with E-state index in [0.717, 1.165) is 31.9 Å². The minimum atomic E-state index is -0.557. The molecule has 0 spiro atoms. The summed E-state index contributed by atoms with van der Waals surface area (Å²) in [7, 11) is 0. The molecule has 0 bridgehead atoms. The summed E-state index contributed by atoms with van der Waals surface area (Å²) in [6.45, 7) is 2.51. The van der Waals surface area contributed by atoms with Gasteiger partial charge in [-0.2, -0.15) is 0 Å². The highest BCUT2D eigenvalue weighted by Crippen LogP contribution is 2.23. The Balaban J connectivity index is 2.13. The van der Waals surface area contributed by atoms with E-state index in [9.17, 15) is 9.18 Å². The summed E-state index contributed by atoms with van der Waals surface area (Å²) in [4.78, 5) is 17.8. The Bertz CT molecular complexity index is 444. The first kappa shape index (κ1) is 13.9. The van der Waals surface area contributed by atoms with Crippen LogP contribution in [0.3, 0.4) is 0 Å². The van der Waals surface area contributed by atoms with E-state index >= 15 is 0 Å². The Hall–Kier alpha value is -1.49. The fraction of sp³-hybridized carbons (Fsp3) is 0.571. The zero-order chi connectivity index (χ0) is 13.8. The number of nitrogens with two attached hydrogens (primary N) is 1. The molecule has 1 aromatic heterocycles. The van der Waals surface area contributed by atoms with Crippen molar-refractivity contribution in [1.82, 2.24) is 9.88 Å². The summed E-state index contributed by atoms with van der Waals surface area (Å²) in [5.74, 6) is -0.804. The zero-order valence-electron chi connectivity index (χ0n) is 11.2. The first-order valence-electron chi connectivity index (χ1n) is 6.79. The molecular weight excluding hydrogens is 245 g/mol. The minimum absolute atomic E-state index is 0.103. The Labute approximate surface area is 112 Å². The molecule has 1 aliphatic rings. The van der Waals surface area contributed by atoms with Crippen molar-refractivity contribution in [1.29, 1.82) is 0 Å². The third-order valence-electron chi connectivity index (χ3n) is 3.79. The fourth-order valence-electron chi connectivity index (χ4n) is 2.68. The molecule has 1 heterocycles. The normalized spacial score (nSPS) is 23.1. The van der Waals surface area contributed by atoms with Gasteiger partial charge in [-0.15, -0.1) is 0 Å². The van der Waals surface area contributed by atoms with Crippen LogP contribution in [0.4, 0.5) is 4.39 Å². The van der Waals surface area contributed by atoms with E-state index in [1.807, 2.05) is 6.92 Å². The minimum Gasteiger partial charge on any atom is -0.336 e. The van der Waals surface area contributed by atoms with Crippen molar-refractivity contribution < 1.29 is 9.18 Å². The Morgan fingerprint density at radius 3 is 2.74 bits per heavy atom. The fourth-order valence-corrected chi connectivity index (χ4v) is 2.68. The van der Waals surface area contributed by atoms with Crippen molar-refractivity contribution in [2.75, 3.05) is 6.54 Å². The number of carbonyl (C=O) groups excluding carboxylic acids is 1. The van der Waals surface area contributed by atoms with Gasteiger partial charge in [-0.1, -0.05) is 0 Å². The number of halogens is 1. The molecule has 1 fully saturated rings. The first-order chi connectivity index (χ1) is 9.13. The third kappa shape index (κ3) is 3.10. The Morgan fingerprint density at radius 1 is 1.47 bits per heavy atom. The van der Waals surface area contributed by atoms with Crippen molar-refractivity contribution >= 4 is 5.91 Å². The molecule has 0 aromatic carbocycles. The molecule has 2 N–H and O–H groups in total. The van der Waals surface area contributed by atoms with Crippen LogP contribution in [0.2, 0.25) is 0 Å². The molecule has 5 heteroatoms. The number of hydrogen-bond acceptors (Lipinski definition) is 3. The molecule has 1 aliphatic carbocycles. The number of pyridine rings is 1. The lowest BCUT2D eigenvalue weighted by molar-refractivity contribution is 0.0635. The summed E-state index contributed by atoms with van der Waals surface area (Å²) in [6.07, 6.45) is 6.17. The van der Waals surface area contributed by atoms with Crippen molar-refractivity contribution in [3.63, 3.8) is 0 Å². The van der Waals surface area contributed by atoms with Crippen LogP contribution < -0.4 is 5.73 Å². The number of rotatable bonds is 3. The van der Waals surface area contributed by atoms with Gasteiger partial charge in [0, 0.05) is 24.8 Å². The molecule has 2 rings (SSSR count). The summed E-state index contributed by atoms with van der Waals surface area (Å²) < 4.78 is 13.6. The van der Waals surface area contributed by atoms with Gasteiger partial charge in [0.05, 0.1) is 11.8 Å². The van der Waals surface area contributed by atoms with E-state index in [1.165, 1.54) is 12.3 Å². The lowest BCUT2D eigenvalue weighted by Crippen LogP contribution is -2.44. The largest absolute Gasteiger partial charge is 0.336 e. The van der Waals surface area contributed by atoms with Gasteiger partial charge in [-0.25, -0.2) is 4.39 Å². The van der Waals surface area contributed by atoms with E-state index in [1.54, 1.807) is 4.90 Å². The number of hydrogen-bond donors (Lipinski definition) is 1. The first-order valence-corrected chi connectivity index (χ1v) is 6.79. The average Bonchev–Trinajstić information content (AvgIpc) is 2.42. The second-order valence-corrected chi connectivity index (χ2v) is 5.02. The second kappa shape index (κ2) is 6.10. The lowest BCUT2D eigenvalue weighted by atomic mass is 9.90. The van der Waals surface area contributed by atoms with Gasteiger partial charge in [0.2, 0.25) is 0 Å². The Morgan fingerprint density at radius 2 is 2.16 bits per heavy atom. The molecule has 104 valence electrons. The van der Waals surface area contributed by atoms with Gasteiger partial charge < -0.3 is 10.6 Å². The van der Waals surface area contributed by atoms with Crippen molar-refractivity contribution in [2.24, 2.45) is 5.73 Å². The maximum absolute atomic E-state index is 13.6. The van der Waals surface area contributed by atoms with Crippen molar-refractivity contribution in [2.45, 2.75) is 44.7 Å². The molecule has 0 atom stereocenters. The summed E-state index contributed by atoms with van der Waals surface area (Å²) in [5.41, 5.74) is 5.98. The van der Waals surface area contributed by atoms with E-state index in [4.69, 9.17) is 5.73 Å². The van der Waals surface area contributed by atoms with Crippen molar-refractivity contribution in [3.8, 4) is 0 Å². The SMILES string of the molecule is CCN(C(=O)c1ccncc1F)C1CCC(N)CC1. The van der Waals surface area contributed by atoms with Gasteiger partial charge in [-0.3, -0.25) is 9.78 Å². The highest BCUT2D eigenvalue weighted by atomic mass is 19.1. The molecule has 0 aliphatic heterocycles. The second-order valence-electron chi connectivity index (χ2n) is 5.02. The van der Waals surface area contributed by atoms with Crippen LogP contribution in [0.1, 0.15) is 43.0 Å². The predicted octanol–water partition coefficient (Wildman–Crippen LogP) is 1.95. The van der Waals surface area contributed by atoms with Crippen LogP contribution in [0.25, 0.3) is 0 Å². The molecular formula is C14H20FN3O. The Kier molecular flexibility index (Phi) is 4.47. The summed E-state index contributed by atoms with van der Waals surface area (Å²) in [5, 5.41) is 0. The molecule has 0 saturated heterocycles. The highest BCUT2D eigenvalue weighted by molar-refractivity contribution is 5.94. The number of amides is 1. The number of nitrogens with zero attached hydrogens (tertiary/aromatic N) is 2. The molecule has 19 heavy (non-hydrogen) atoms. The van der Waals surface area contributed by atoms with Crippen LogP contribution in [0, 0.1) is 5.82 Å². The smallest absolute Gasteiger partial charge is 0.257 e. The molecule has 1 saturated carbocycles. The summed E-state index contributed by atoms with van der Waals surface area (Å²) in [6, 6.07) is 1.85. The van der Waals surface area contributed by atoms with Crippen LogP contribution in [-0.4, -0.2) is 34.4 Å². The van der Waals surface area contributed by atoms with Gasteiger partial charge in [0.1, 0.15) is 0 Å². The van der Waals surface area contributed by atoms with Gasteiger partial charge in [0.25, 0.3) is 5.91 Å². The third-order valence-corrected chi connectivity index (χ3v) is 3.79. The van der Waals surface area contributed by atoms with Gasteiger partial charge >= 0.3 is 0 Å². The predicted molar refractivity (Wildman–Crippen MR) is 71.1 cm³/mol.